The molecule has 0 aromatic carbocycles. The molecule has 0 unspecified atom stereocenters. The number of aromatic nitrogens is 2. The van der Waals surface area contributed by atoms with Crippen LogP contribution >= 0.6 is 0 Å². The number of morpholine rings is 1. The Labute approximate surface area is 156 Å². The largest absolute Gasteiger partial charge is 0.433 e. The lowest BCUT2D eigenvalue weighted by Gasteiger charge is -2.25. The van der Waals surface area contributed by atoms with Gasteiger partial charge in [-0.05, 0) is 13.0 Å². The summed E-state index contributed by atoms with van der Waals surface area (Å²) < 4.78 is 43.2. The minimum atomic E-state index is -4.48. The van der Waals surface area contributed by atoms with Crippen molar-refractivity contribution in [3.8, 4) is 0 Å². The molecule has 152 valence electrons. The van der Waals surface area contributed by atoms with E-state index >= 15 is 0 Å². The maximum atomic E-state index is 12.6. The normalized spacial score (nSPS) is 16.2. The van der Waals surface area contributed by atoms with Gasteiger partial charge in [0, 0.05) is 45.5 Å². The molecule has 1 aliphatic heterocycles. The average Bonchev–Trinajstić information content (AvgIpc) is 2.65. The van der Waals surface area contributed by atoms with Crippen LogP contribution in [0.4, 0.5) is 19.1 Å². The van der Waals surface area contributed by atoms with Crippen molar-refractivity contribution in [2.45, 2.75) is 13.1 Å². The van der Waals surface area contributed by atoms with Crippen LogP contribution < -0.4 is 16.0 Å². The third-order valence-electron chi connectivity index (χ3n) is 3.78. The predicted octanol–water partition coefficient (Wildman–Crippen LogP) is 0.795. The maximum absolute atomic E-state index is 12.6. The van der Waals surface area contributed by atoms with E-state index in [1.165, 1.54) is 0 Å². The topological polar surface area (TPSA) is 86.7 Å². The number of anilines is 1. The fourth-order valence-electron chi connectivity index (χ4n) is 2.43. The first-order chi connectivity index (χ1) is 13.0. The summed E-state index contributed by atoms with van der Waals surface area (Å²) in [6.07, 6.45) is -3.40. The molecular weight excluding hydrogens is 363 g/mol. The van der Waals surface area contributed by atoms with Crippen molar-refractivity contribution in [1.82, 2.24) is 25.5 Å². The first kappa shape index (κ1) is 21.2. The Morgan fingerprint density at radius 1 is 1.26 bits per heavy atom. The number of alkyl halides is 3. The van der Waals surface area contributed by atoms with Gasteiger partial charge in [0.2, 0.25) is 5.95 Å². The van der Waals surface area contributed by atoms with Gasteiger partial charge in [0.15, 0.2) is 5.96 Å². The quantitative estimate of drug-likeness (QED) is 0.344. The lowest BCUT2D eigenvalue weighted by atomic mass is 10.4. The molecule has 1 aromatic rings. The first-order valence-corrected chi connectivity index (χ1v) is 8.95. The summed E-state index contributed by atoms with van der Waals surface area (Å²) in [6, 6.07) is 0.841. The highest BCUT2D eigenvalue weighted by Gasteiger charge is 2.32. The smallest absolute Gasteiger partial charge is 0.379 e. The summed E-state index contributed by atoms with van der Waals surface area (Å²) in [6.45, 7) is 8.35. The van der Waals surface area contributed by atoms with Crippen LogP contribution in [0, 0.1) is 0 Å². The molecule has 0 aliphatic carbocycles. The van der Waals surface area contributed by atoms with E-state index in [4.69, 9.17) is 4.74 Å². The second-order valence-corrected chi connectivity index (χ2v) is 5.83. The zero-order valence-electron chi connectivity index (χ0n) is 15.3. The molecule has 1 fully saturated rings. The molecule has 0 amide bonds. The molecule has 1 saturated heterocycles. The molecule has 0 atom stereocenters. The molecule has 27 heavy (non-hydrogen) atoms. The Hall–Kier alpha value is -2.14. The third kappa shape index (κ3) is 7.95. The van der Waals surface area contributed by atoms with E-state index in [0.29, 0.717) is 32.1 Å². The number of hydrogen-bond acceptors (Lipinski definition) is 6. The highest BCUT2D eigenvalue weighted by atomic mass is 19.4. The van der Waals surface area contributed by atoms with Gasteiger partial charge in [-0.25, -0.2) is 9.97 Å². The Kier molecular flexibility index (Phi) is 8.52. The van der Waals surface area contributed by atoms with Crippen molar-refractivity contribution in [3.63, 3.8) is 0 Å². The number of nitrogens with zero attached hydrogens (tertiary/aromatic N) is 4. The van der Waals surface area contributed by atoms with E-state index in [-0.39, 0.29) is 5.95 Å². The van der Waals surface area contributed by atoms with Gasteiger partial charge < -0.3 is 20.7 Å². The highest BCUT2D eigenvalue weighted by molar-refractivity contribution is 5.79. The summed E-state index contributed by atoms with van der Waals surface area (Å²) in [7, 11) is 0. The van der Waals surface area contributed by atoms with Crippen molar-refractivity contribution in [1.29, 1.82) is 0 Å². The van der Waals surface area contributed by atoms with Gasteiger partial charge in [0.05, 0.1) is 19.8 Å². The Balaban J connectivity index is 1.73. The van der Waals surface area contributed by atoms with Crippen molar-refractivity contribution < 1.29 is 17.9 Å². The van der Waals surface area contributed by atoms with Crippen LogP contribution in [0.25, 0.3) is 0 Å². The van der Waals surface area contributed by atoms with E-state index in [9.17, 15) is 13.2 Å². The van der Waals surface area contributed by atoms with E-state index in [1.807, 2.05) is 6.92 Å². The van der Waals surface area contributed by atoms with Gasteiger partial charge in [-0.1, -0.05) is 0 Å². The van der Waals surface area contributed by atoms with E-state index in [1.54, 1.807) is 0 Å². The number of nitrogens with one attached hydrogen (secondary N) is 3. The van der Waals surface area contributed by atoms with Gasteiger partial charge in [-0.2, -0.15) is 13.2 Å². The molecule has 11 heteroatoms. The van der Waals surface area contributed by atoms with Crippen molar-refractivity contribution >= 4 is 11.9 Å². The summed E-state index contributed by atoms with van der Waals surface area (Å²) in [4.78, 5) is 14.1. The number of guanidine groups is 1. The summed E-state index contributed by atoms with van der Waals surface area (Å²) >= 11 is 0. The minimum Gasteiger partial charge on any atom is -0.379 e. The van der Waals surface area contributed by atoms with Crippen LogP contribution in [-0.2, 0) is 10.9 Å². The van der Waals surface area contributed by atoms with Crippen molar-refractivity contribution in [2.75, 3.05) is 64.3 Å². The van der Waals surface area contributed by atoms with Crippen molar-refractivity contribution in [2.24, 2.45) is 4.99 Å². The molecule has 2 heterocycles. The molecular formula is C16H26F3N7O. The number of ether oxygens (including phenoxy) is 1. The fraction of sp³-hybridized carbons (Fsp3) is 0.688. The second-order valence-electron chi connectivity index (χ2n) is 5.83. The number of rotatable bonds is 8. The molecule has 0 radical (unpaired) electrons. The minimum absolute atomic E-state index is 0.0547. The molecule has 8 nitrogen and oxygen atoms in total. The van der Waals surface area contributed by atoms with Gasteiger partial charge >= 0.3 is 6.18 Å². The van der Waals surface area contributed by atoms with Crippen LogP contribution in [0.15, 0.2) is 17.3 Å². The zero-order valence-corrected chi connectivity index (χ0v) is 15.3. The van der Waals surface area contributed by atoms with Gasteiger partial charge in [0.1, 0.15) is 5.69 Å². The van der Waals surface area contributed by atoms with Gasteiger partial charge in [0.25, 0.3) is 0 Å². The standard InChI is InChI=1S/C16H26F3N7O/c1-2-20-14(24-7-8-26-9-11-27-12-10-26)22-5-6-23-15-21-4-3-13(25-15)16(17,18)19/h3-4H,2,5-12H2,1H3,(H2,20,22,24)(H,21,23,25). The highest BCUT2D eigenvalue weighted by Crippen LogP contribution is 2.27. The van der Waals surface area contributed by atoms with E-state index in [0.717, 1.165) is 45.1 Å². The molecule has 3 N–H and O–H groups in total. The van der Waals surface area contributed by atoms with Gasteiger partial charge in [-0.15, -0.1) is 0 Å². The first-order valence-electron chi connectivity index (χ1n) is 8.95. The van der Waals surface area contributed by atoms with Crippen LogP contribution in [0.1, 0.15) is 12.6 Å². The Bertz CT molecular complexity index is 592. The summed E-state index contributed by atoms with van der Waals surface area (Å²) in [5.41, 5.74) is -0.967. The lowest BCUT2D eigenvalue weighted by molar-refractivity contribution is -0.141. The fourth-order valence-corrected chi connectivity index (χ4v) is 2.43. The van der Waals surface area contributed by atoms with Crippen molar-refractivity contribution in [3.05, 3.63) is 18.0 Å². The predicted molar refractivity (Wildman–Crippen MR) is 96.8 cm³/mol. The monoisotopic (exact) mass is 389 g/mol. The van der Waals surface area contributed by atoms with Gasteiger partial charge in [-0.3, -0.25) is 9.89 Å². The molecule has 1 aliphatic rings. The molecule has 0 spiro atoms. The van der Waals surface area contributed by atoms with Crippen LogP contribution in [-0.4, -0.2) is 79.9 Å². The molecule has 0 saturated carbocycles. The molecule has 1 aromatic heterocycles. The van der Waals surface area contributed by atoms with Crippen LogP contribution in [0.2, 0.25) is 0 Å². The summed E-state index contributed by atoms with van der Waals surface area (Å²) in [5, 5.41) is 9.04. The molecule has 2 rings (SSSR count). The number of halogens is 3. The number of hydrogen-bond donors (Lipinski definition) is 3. The van der Waals surface area contributed by atoms with E-state index in [2.05, 4.69) is 35.8 Å². The number of aliphatic imine (C=N–C) groups is 1. The molecule has 0 bridgehead atoms. The zero-order chi connectivity index (χ0) is 19.5. The second kappa shape index (κ2) is 10.9. The summed E-state index contributed by atoms with van der Waals surface area (Å²) in [5.74, 6) is 0.610. The Morgan fingerprint density at radius 2 is 2.04 bits per heavy atom. The third-order valence-corrected chi connectivity index (χ3v) is 3.78. The lowest BCUT2D eigenvalue weighted by Crippen LogP contribution is -2.41. The SMILES string of the molecule is CCNC(=NCCN1CCOCC1)NCCNc1nccc(C(F)(F)F)n1. The van der Waals surface area contributed by atoms with Crippen LogP contribution in [0.3, 0.4) is 0 Å². The maximum Gasteiger partial charge on any atom is 0.433 e. The Morgan fingerprint density at radius 3 is 2.74 bits per heavy atom. The average molecular weight is 389 g/mol. The van der Waals surface area contributed by atoms with Crippen LogP contribution in [0.5, 0.6) is 0 Å². The van der Waals surface area contributed by atoms with E-state index < -0.39 is 11.9 Å².